The summed E-state index contributed by atoms with van der Waals surface area (Å²) < 4.78 is 0. The first-order valence-corrected chi connectivity index (χ1v) is 12.1. The van der Waals surface area contributed by atoms with Crippen LogP contribution >= 0.6 is 11.3 Å². The van der Waals surface area contributed by atoms with Crippen molar-refractivity contribution in [3.05, 3.63) is 81.5 Å². The molecular weight excluding hydrogens is 418 g/mol. The average molecular weight is 446 g/mol. The molecule has 4 nitrogen and oxygen atoms in total. The molecule has 2 saturated carbocycles. The van der Waals surface area contributed by atoms with E-state index >= 15 is 0 Å². The molecule has 0 unspecified atom stereocenters. The second-order valence-corrected chi connectivity index (χ2v) is 10.5. The largest absolute Gasteiger partial charge is 0.481 e. The Kier molecular flexibility index (Phi) is 5.38. The molecule has 1 spiro atoms. The maximum absolute atomic E-state index is 13.0. The van der Waals surface area contributed by atoms with Gasteiger partial charge in [0.1, 0.15) is 0 Å². The Morgan fingerprint density at radius 2 is 1.66 bits per heavy atom. The summed E-state index contributed by atoms with van der Waals surface area (Å²) in [6, 6.07) is 19.1. The van der Waals surface area contributed by atoms with Gasteiger partial charge in [-0.3, -0.25) is 9.59 Å². The van der Waals surface area contributed by atoms with E-state index in [1.807, 2.05) is 23.6 Å². The Labute approximate surface area is 192 Å². The SMILES string of the molecule is Cc1scc(C(=O)NC2CC3(C2)CC(C(=O)O)C3)c1Cc1ccc(-c2ccccc2)cc1. The zero-order valence-electron chi connectivity index (χ0n) is 18.1. The number of thiophene rings is 1. The molecule has 1 amide bonds. The molecule has 0 saturated heterocycles. The topological polar surface area (TPSA) is 66.4 Å². The minimum absolute atomic E-state index is 0.000728. The van der Waals surface area contributed by atoms with Gasteiger partial charge in [-0.15, -0.1) is 11.3 Å². The lowest BCUT2D eigenvalue weighted by Crippen LogP contribution is -2.57. The highest BCUT2D eigenvalue weighted by Gasteiger charge is 2.55. The Bertz CT molecular complexity index is 1140. The number of nitrogens with one attached hydrogen (secondary N) is 1. The highest BCUT2D eigenvalue weighted by Crippen LogP contribution is 2.58. The fourth-order valence-electron chi connectivity index (χ4n) is 5.38. The van der Waals surface area contributed by atoms with Gasteiger partial charge in [0.15, 0.2) is 0 Å². The minimum atomic E-state index is -0.682. The highest BCUT2D eigenvalue weighted by molar-refractivity contribution is 7.10. The van der Waals surface area contributed by atoms with Gasteiger partial charge < -0.3 is 10.4 Å². The van der Waals surface area contributed by atoms with Gasteiger partial charge in [-0.1, -0.05) is 54.6 Å². The molecule has 2 aliphatic rings. The van der Waals surface area contributed by atoms with Crippen molar-refractivity contribution in [1.82, 2.24) is 5.32 Å². The van der Waals surface area contributed by atoms with Crippen LogP contribution in [0.4, 0.5) is 0 Å². The van der Waals surface area contributed by atoms with Crippen molar-refractivity contribution < 1.29 is 14.7 Å². The van der Waals surface area contributed by atoms with Gasteiger partial charge in [-0.2, -0.15) is 0 Å². The van der Waals surface area contributed by atoms with E-state index in [0.717, 1.165) is 43.2 Å². The lowest BCUT2D eigenvalue weighted by atomic mass is 9.50. The molecule has 2 aromatic carbocycles. The Morgan fingerprint density at radius 1 is 1.00 bits per heavy atom. The van der Waals surface area contributed by atoms with Gasteiger partial charge in [0.25, 0.3) is 5.91 Å². The van der Waals surface area contributed by atoms with Gasteiger partial charge >= 0.3 is 5.97 Å². The molecule has 2 fully saturated rings. The normalized spacial score (nSPS) is 23.9. The van der Waals surface area contributed by atoms with Crippen LogP contribution in [0, 0.1) is 18.3 Å². The van der Waals surface area contributed by atoms with E-state index in [2.05, 4.69) is 48.6 Å². The van der Waals surface area contributed by atoms with Crippen LogP contribution in [-0.4, -0.2) is 23.0 Å². The van der Waals surface area contributed by atoms with Gasteiger partial charge in [-0.25, -0.2) is 0 Å². The number of amides is 1. The van der Waals surface area contributed by atoms with Crippen molar-refractivity contribution in [2.45, 2.75) is 45.1 Å². The zero-order chi connectivity index (χ0) is 22.3. The van der Waals surface area contributed by atoms with Crippen LogP contribution < -0.4 is 5.32 Å². The van der Waals surface area contributed by atoms with Crippen LogP contribution in [0.2, 0.25) is 0 Å². The first-order valence-electron chi connectivity index (χ1n) is 11.2. The quantitative estimate of drug-likeness (QED) is 0.512. The zero-order valence-corrected chi connectivity index (χ0v) is 19.0. The van der Waals surface area contributed by atoms with E-state index in [0.29, 0.717) is 0 Å². The number of aryl methyl sites for hydroxylation is 1. The molecule has 0 aliphatic heterocycles. The highest BCUT2D eigenvalue weighted by atomic mass is 32.1. The Balaban J connectivity index is 1.22. The third kappa shape index (κ3) is 3.97. The van der Waals surface area contributed by atoms with Gasteiger partial charge in [0, 0.05) is 16.3 Å². The second kappa shape index (κ2) is 8.21. The molecule has 0 atom stereocenters. The molecule has 0 radical (unpaired) electrons. The van der Waals surface area contributed by atoms with Crippen molar-refractivity contribution in [3.63, 3.8) is 0 Å². The molecule has 164 valence electrons. The van der Waals surface area contributed by atoms with Gasteiger partial charge in [0.05, 0.1) is 11.5 Å². The first kappa shape index (κ1) is 21.0. The van der Waals surface area contributed by atoms with Crippen molar-refractivity contribution in [3.8, 4) is 11.1 Å². The minimum Gasteiger partial charge on any atom is -0.481 e. The number of aliphatic carboxylic acids is 1. The lowest BCUT2D eigenvalue weighted by Gasteiger charge is -2.56. The smallest absolute Gasteiger partial charge is 0.306 e. The summed E-state index contributed by atoms with van der Waals surface area (Å²) in [7, 11) is 0. The summed E-state index contributed by atoms with van der Waals surface area (Å²) in [4.78, 5) is 25.2. The van der Waals surface area contributed by atoms with E-state index in [4.69, 9.17) is 5.11 Å². The fraction of sp³-hybridized carbons (Fsp3) is 0.333. The summed E-state index contributed by atoms with van der Waals surface area (Å²) in [5, 5.41) is 14.3. The predicted octanol–water partition coefficient (Wildman–Crippen LogP) is 5.69. The third-order valence-corrected chi connectivity index (χ3v) is 8.15. The molecule has 1 aromatic heterocycles. The van der Waals surface area contributed by atoms with E-state index in [-0.39, 0.29) is 23.3 Å². The maximum atomic E-state index is 13.0. The fourth-order valence-corrected chi connectivity index (χ4v) is 6.25. The van der Waals surface area contributed by atoms with E-state index < -0.39 is 5.97 Å². The first-order chi connectivity index (χ1) is 15.4. The van der Waals surface area contributed by atoms with Crippen LogP contribution in [0.15, 0.2) is 60.0 Å². The van der Waals surface area contributed by atoms with Crippen molar-refractivity contribution in [2.75, 3.05) is 0 Å². The van der Waals surface area contributed by atoms with Crippen LogP contribution in [0.5, 0.6) is 0 Å². The molecule has 2 N–H and O–H groups in total. The molecule has 3 aromatic rings. The van der Waals surface area contributed by atoms with E-state index in [1.165, 1.54) is 21.6 Å². The van der Waals surface area contributed by atoms with Crippen LogP contribution in [0.3, 0.4) is 0 Å². The molecule has 5 rings (SSSR count). The van der Waals surface area contributed by atoms with Gasteiger partial charge in [-0.05, 0) is 66.7 Å². The summed E-state index contributed by atoms with van der Waals surface area (Å²) in [6.07, 6.45) is 4.07. The summed E-state index contributed by atoms with van der Waals surface area (Å²) >= 11 is 1.62. The molecule has 32 heavy (non-hydrogen) atoms. The van der Waals surface area contributed by atoms with Crippen LogP contribution in [0.1, 0.15) is 52.0 Å². The Morgan fingerprint density at radius 3 is 2.31 bits per heavy atom. The number of hydrogen-bond donors (Lipinski definition) is 2. The van der Waals surface area contributed by atoms with Gasteiger partial charge in [0.2, 0.25) is 0 Å². The molecule has 5 heteroatoms. The molecule has 2 aliphatic carbocycles. The number of rotatable bonds is 6. The summed E-state index contributed by atoms with van der Waals surface area (Å²) in [6.45, 7) is 2.08. The maximum Gasteiger partial charge on any atom is 0.306 e. The van der Waals surface area contributed by atoms with Crippen molar-refractivity contribution in [1.29, 1.82) is 0 Å². The Hall–Kier alpha value is -2.92. The van der Waals surface area contributed by atoms with Crippen LogP contribution in [-0.2, 0) is 11.2 Å². The number of carboxylic acids is 1. The molecular formula is C27H27NO3S. The number of carbonyl (C=O) groups is 2. The lowest BCUT2D eigenvalue weighted by molar-refractivity contribution is -0.155. The number of carboxylic acid groups (broad SMARTS) is 1. The van der Waals surface area contributed by atoms with Crippen molar-refractivity contribution >= 4 is 23.2 Å². The van der Waals surface area contributed by atoms with Crippen molar-refractivity contribution in [2.24, 2.45) is 11.3 Å². The molecule has 1 heterocycles. The standard InChI is InChI=1S/C27H27NO3S/c1-17-23(11-18-7-9-20(10-8-18)19-5-3-2-4-6-19)24(16-32-17)25(29)28-22-14-27(15-22)12-21(13-27)26(30)31/h2-10,16,21-22H,11-15H2,1H3,(H,28,29)(H,30,31). The monoisotopic (exact) mass is 445 g/mol. The van der Waals surface area contributed by atoms with E-state index in [1.54, 1.807) is 11.3 Å². The second-order valence-electron chi connectivity index (χ2n) is 9.45. The van der Waals surface area contributed by atoms with E-state index in [9.17, 15) is 9.59 Å². The number of benzene rings is 2. The molecule has 0 bridgehead atoms. The average Bonchev–Trinajstić information content (AvgIpc) is 3.10. The van der Waals surface area contributed by atoms with Crippen LogP contribution in [0.25, 0.3) is 11.1 Å². The third-order valence-electron chi connectivity index (χ3n) is 7.19. The summed E-state index contributed by atoms with van der Waals surface area (Å²) in [5.41, 5.74) is 5.62. The predicted molar refractivity (Wildman–Crippen MR) is 127 cm³/mol. The number of hydrogen-bond acceptors (Lipinski definition) is 3. The summed E-state index contributed by atoms with van der Waals surface area (Å²) in [5.74, 6) is -0.872. The number of carbonyl (C=O) groups excluding carboxylic acids is 1.